The lowest BCUT2D eigenvalue weighted by atomic mass is 9.89. The average Bonchev–Trinajstić information content (AvgIpc) is 2.53. The lowest BCUT2D eigenvalue weighted by Crippen LogP contribution is -2.19. The van der Waals surface area contributed by atoms with E-state index >= 15 is 0 Å². The zero-order valence-electron chi connectivity index (χ0n) is 12.1. The van der Waals surface area contributed by atoms with Gasteiger partial charge in [-0.15, -0.1) is 0 Å². The summed E-state index contributed by atoms with van der Waals surface area (Å²) >= 11 is 0. The fourth-order valence-corrected chi connectivity index (χ4v) is 2.72. The second-order valence-corrected chi connectivity index (χ2v) is 5.11. The van der Waals surface area contributed by atoms with Crippen molar-refractivity contribution in [3.8, 4) is 23.0 Å². The fraction of sp³-hybridized carbons (Fsp3) is 0.294. The van der Waals surface area contributed by atoms with Gasteiger partial charge >= 0.3 is 0 Å². The van der Waals surface area contributed by atoms with Crippen molar-refractivity contribution in [3.05, 3.63) is 47.5 Å². The second-order valence-electron chi connectivity index (χ2n) is 5.11. The van der Waals surface area contributed by atoms with Gasteiger partial charge in [0, 0.05) is 23.6 Å². The van der Waals surface area contributed by atoms with Gasteiger partial charge in [0.15, 0.2) is 0 Å². The van der Waals surface area contributed by atoms with Crippen LogP contribution in [0.25, 0.3) is 0 Å². The van der Waals surface area contributed by atoms with Crippen molar-refractivity contribution in [1.82, 2.24) is 0 Å². The smallest absolute Gasteiger partial charge is 0.126 e. The van der Waals surface area contributed by atoms with Crippen molar-refractivity contribution in [2.45, 2.75) is 12.3 Å². The topological polar surface area (TPSA) is 47.9 Å². The Morgan fingerprint density at radius 1 is 1.10 bits per heavy atom. The molecule has 0 radical (unpaired) electrons. The predicted molar refractivity (Wildman–Crippen MR) is 79.6 cm³/mol. The second kappa shape index (κ2) is 5.56. The van der Waals surface area contributed by atoms with E-state index in [4.69, 9.17) is 14.2 Å². The molecule has 1 heterocycles. The molecule has 0 aromatic heterocycles. The highest BCUT2D eigenvalue weighted by molar-refractivity contribution is 5.47. The SMILES string of the molecule is COc1ccc([C@@H]2COc3cc(O)ccc3C2)c(OC)c1. The largest absolute Gasteiger partial charge is 0.508 e. The van der Waals surface area contributed by atoms with Gasteiger partial charge in [-0.3, -0.25) is 0 Å². The van der Waals surface area contributed by atoms with Crippen LogP contribution in [-0.4, -0.2) is 25.9 Å². The van der Waals surface area contributed by atoms with Gasteiger partial charge in [-0.05, 0) is 24.1 Å². The number of benzene rings is 2. The van der Waals surface area contributed by atoms with Gasteiger partial charge in [0.05, 0.1) is 20.8 Å². The van der Waals surface area contributed by atoms with Crippen LogP contribution in [0.3, 0.4) is 0 Å². The highest BCUT2D eigenvalue weighted by Gasteiger charge is 2.24. The average molecular weight is 286 g/mol. The molecule has 0 unspecified atom stereocenters. The van der Waals surface area contributed by atoms with Crippen molar-refractivity contribution in [3.63, 3.8) is 0 Å². The first-order chi connectivity index (χ1) is 10.2. The first kappa shape index (κ1) is 13.6. The molecule has 4 heteroatoms. The lowest BCUT2D eigenvalue weighted by molar-refractivity contribution is 0.257. The lowest BCUT2D eigenvalue weighted by Gasteiger charge is -2.27. The van der Waals surface area contributed by atoms with Crippen LogP contribution < -0.4 is 14.2 Å². The van der Waals surface area contributed by atoms with Gasteiger partial charge in [-0.2, -0.15) is 0 Å². The number of aromatic hydroxyl groups is 1. The Morgan fingerprint density at radius 2 is 1.95 bits per heavy atom. The number of hydrogen-bond donors (Lipinski definition) is 1. The van der Waals surface area contributed by atoms with Crippen molar-refractivity contribution in [2.75, 3.05) is 20.8 Å². The van der Waals surface area contributed by atoms with Crippen LogP contribution in [0.4, 0.5) is 0 Å². The Hall–Kier alpha value is -2.36. The van der Waals surface area contributed by atoms with Crippen molar-refractivity contribution in [1.29, 1.82) is 0 Å². The van der Waals surface area contributed by atoms with E-state index in [0.29, 0.717) is 6.61 Å². The van der Waals surface area contributed by atoms with Crippen LogP contribution in [-0.2, 0) is 6.42 Å². The molecule has 110 valence electrons. The van der Waals surface area contributed by atoms with Crippen molar-refractivity contribution >= 4 is 0 Å². The molecule has 0 fully saturated rings. The molecule has 3 rings (SSSR count). The molecule has 0 saturated carbocycles. The number of rotatable bonds is 3. The number of methoxy groups -OCH3 is 2. The third-order valence-electron chi connectivity index (χ3n) is 3.84. The third-order valence-corrected chi connectivity index (χ3v) is 3.84. The zero-order chi connectivity index (χ0) is 14.8. The number of phenolic OH excluding ortho intramolecular Hbond substituents is 1. The minimum absolute atomic E-state index is 0.225. The van der Waals surface area contributed by atoms with E-state index < -0.39 is 0 Å². The summed E-state index contributed by atoms with van der Waals surface area (Å²) in [5.74, 6) is 2.80. The third kappa shape index (κ3) is 2.61. The molecule has 0 amide bonds. The van der Waals surface area contributed by atoms with E-state index in [0.717, 1.165) is 34.8 Å². The van der Waals surface area contributed by atoms with E-state index in [9.17, 15) is 5.11 Å². The molecule has 1 atom stereocenters. The van der Waals surface area contributed by atoms with E-state index in [1.165, 1.54) is 0 Å². The molecule has 0 saturated heterocycles. The Kier molecular flexibility index (Phi) is 3.60. The minimum Gasteiger partial charge on any atom is -0.508 e. The highest BCUT2D eigenvalue weighted by atomic mass is 16.5. The standard InChI is InChI=1S/C17H18O4/c1-19-14-5-6-15(17(9-14)20-2)12-7-11-3-4-13(18)8-16(11)21-10-12/h3-6,8-9,12,18H,7,10H2,1-2H3/t12-/m0/s1. The summed E-state index contributed by atoms with van der Waals surface area (Å²) in [6.45, 7) is 0.569. The number of fused-ring (bicyclic) bond motifs is 1. The molecule has 0 aliphatic carbocycles. The normalized spacial score (nSPS) is 16.8. The Labute approximate surface area is 123 Å². The van der Waals surface area contributed by atoms with Gasteiger partial charge in [-0.1, -0.05) is 12.1 Å². The zero-order valence-corrected chi connectivity index (χ0v) is 12.1. The van der Waals surface area contributed by atoms with Gasteiger partial charge in [0.1, 0.15) is 23.0 Å². The molecule has 1 aliphatic heterocycles. The van der Waals surface area contributed by atoms with Crippen LogP contribution in [0.2, 0.25) is 0 Å². The van der Waals surface area contributed by atoms with Gasteiger partial charge in [0.2, 0.25) is 0 Å². The van der Waals surface area contributed by atoms with Crippen LogP contribution in [0.5, 0.6) is 23.0 Å². The summed E-state index contributed by atoms with van der Waals surface area (Å²) in [5, 5.41) is 9.50. The van der Waals surface area contributed by atoms with Crippen LogP contribution in [0, 0.1) is 0 Å². The summed E-state index contributed by atoms with van der Waals surface area (Å²) < 4.78 is 16.5. The maximum atomic E-state index is 9.50. The van der Waals surface area contributed by atoms with E-state index in [1.807, 2.05) is 24.3 Å². The van der Waals surface area contributed by atoms with Gasteiger partial charge < -0.3 is 19.3 Å². The van der Waals surface area contributed by atoms with Crippen molar-refractivity contribution in [2.24, 2.45) is 0 Å². The summed E-state index contributed by atoms with van der Waals surface area (Å²) in [5.41, 5.74) is 2.21. The molecule has 1 N–H and O–H groups in total. The van der Waals surface area contributed by atoms with Gasteiger partial charge in [-0.25, -0.2) is 0 Å². The first-order valence-electron chi connectivity index (χ1n) is 6.88. The van der Waals surface area contributed by atoms with E-state index in [2.05, 4.69) is 0 Å². The number of phenols is 1. The maximum Gasteiger partial charge on any atom is 0.126 e. The summed E-state index contributed by atoms with van der Waals surface area (Å²) in [4.78, 5) is 0. The summed E-state index contributed by atoms with van der Waals surface area (Å²) in [7, 11) is 3.30. The Balaban J connectivity index is 1.90. The monoisotopic (exact) mass is 286 g/mol. The molecule has 4 nitrogen and oxygen atoms in total. The van der Waals surface area contributed by atoms with Crippen LogP contribution >= 0.6 is 0 Å². The molecule has 2 aromatic rings. The van der Waals surface area contributed by atoms with E-state index in [1.54, 1.807) is 26.4 Å². The van der Waals surface area contributed by atoms with Crippen molar-refractivity contribution < 1.29 is 19.3 Å². The molecule has 0 spiro atoms. The molecular weight excluding hydrogens is 268 g/mol. The summed E-state index contributed by atoms with van der Waals surface area (Å²) in [6, 6.07) is 11.1. The van der Waals surface area contributed by atoms with Gasteiger partial charge in [0.25, 0.3) is 0 Å². The quantitative estimate of drug-likeness (QED) is 0.941. The number of hydrogen-bond acceptors (Lipinski definition) is 4. The maximum absolute atomic E-state index is 9.50. The minimum atomic E-state index is 0.225. The van der Waals surface area contributed by atoms with Crippen LogP contribution in [0.1, 0.15) is 17.0 Å². The predicted octanol–water partition coefficient (Wildman–Crippen LogP) is 3.13. The van der Waals surface area contributed by atoms with E-state index in [-0.39, 0.29) is 11.7 Å². The molecular formula is C17H18O4. The molecule has 21 heavy (non-hydrogen) atoms. The van der Waals surface area contributed by atoms with Crippen LogP contribution in [0.15, 0.2) is 36.4 Å². The first-order valence-corrected chi connectivity index (χ1v) is 6.88. The molecule has 0 bridgehead atoms. The highest BCUT2D eigenvalue weighted by Crippen LogP contribution is 2.38. The fourth-order valence-electron chi connectivity index (χ4n) is 2.72. The molecule has 2 aromatic carbocycles. The molecule has 1 aliphatic rings. The summed E-state index contributed by atoms with van der Waals surface area (Å²) in [6.07, 6.45) is 0.859. The Bertz CT molecular complexity index is 651. The Morgan fingerprint density at radius 3 is 2.71 bits per heavy atom. The number of ether oxygens (including phenoxy) is 3.